The highest BCUT2D eigenvalue weighted by Gasteiger charge is 2.72. The van der Waals surface area contributed by atoms with E-state index >= 15 is 0 Å². The summed E-state index contributed by atoms with van der Waals surface area (Å²) in [7, 11) is 3.14. The van der Waals surface area contributed by atoms with Gasteiger partial charge in [-0.3, -0.25) is 14.4 Å². The van der Waals surface area contributed by atoms with Gasteiger partial charge in [0.25, 0.3) is 0 Å². The highest BCUT2D eigenvalue weighted by Crippen LogP contribution is 2.55. The lowest BCUT2D eigenvalue weighted by atomic mass is 9.71. The van der Waals surface area contributed by atoms with Crippen LogP contribution in [0.25, 0.3) is 0 Å². The number of Topliss-reactive ketones (excluding diaryl/α,β-unsaturated/α-hetero) is 1. The normalized spacial score (nSPS) is 30.7. The van der Waals surface area contributed by atoms with Crippen LogP contribution in [0.5, 0.6) is 11.5 Å². The van der Waals surface area contributed by atoms with Crippen LogP contribution in [0.4, 0.5) is 5.69 Å². The topological polar surface area (TPSA) is 104 Å². The van der Waals surface area contributed by atoms with Crippen molar-refractivity contribution < 1.29 is 33.4 Å². The number of ketones is 1. The number of ether oxygens (including phenoxy) is 3. The maximum atomic E-state index is 13.5. The number of amides is 2. The molecule has 4 aliphatic heterocycles. The van der Waals surface area contributed by atoms with Gasteiger partial charge in [-0.25, -0.2) is 4.90 Å². The summed E-state index contributed by atoms with van der Waals surface area (Å²) in [6.07, 6.45) is -1.56. The van der Waals surface area contributed by atoms with E-state index < -0.39 is 30.1 Å². The van der Waals surface area contributed by atoms with Gasteiger partial charge in [-0.1, -0.05) is 5.16 Å². The summed E-state index contributed by atoms with van der Waals surface area (Å²) in [6.45, 7) is 1.47. The molecule has 174 valence electrons. The fraction of sp³-hybridized carbons (Fsp3) is 0.360. The molecule has 6 atom stereocenters. The fourth-order valence-electron chi connectivity index (χ4n) is 5.69. The summed E-state index contributed by atoms with van der Waals surface area (Å²) in [6, 6.07) is 11.9. The van der Waals surface area contributed by atoms with Crippen molar-refractivity contribution in [2.45, 2.75) is 25.2 Å². The first-order chi connectivity index (χ1) is 16.4. The van der Waals surface area contributed by atoms with Crippen molar-refractivity contribution in [1.82, 2.24) is 0 Å². The Morgan fingerprint density at radius 1 is 0.912 bits per heavy atom. The predicted molar refractivity (Wildman–Crippen MR) is 119 cm³/mol. The van der Waals surface area contributed by atoms with Crippen LogP contribution in [-0.4, -0.2) is 55.8 Å². The maximum Gasteiger partial charge on any atom is 0.240 e. The van der Waals surface area contributed by atoms with E-state index in [1.165, 1.54) is 11.8 Å². The van der Waals surface area contributed by atoms with Crippen LogP contribution < -0.4 is 14.4 Å². The smallest absolute Gasteiger partial charge is 0.240 e. The number of oxime groups is 1. The van der Waals surface area contributed by atoms with Crippen molar-refractivity contribution in [3.63, 3.8) is 0 Å². The van der Waals surface area contributed by atoms with Gasteiger partial charge in [-0.05, 0) is 43.3 Å². The Bertz CT molecular complexity index is 1250. The highest BCUT2D eigenvalue weighted by molar-refractivity contribution is 6.23. The molecule has 4 heterocycles. The van der Waals surface area contributed by atoms with Crippen LogP contribution in [0, 0.1) is 17.8 Å². The van der Waals surface area contributed by atoms with Crippen molar-refractivity contribution in [3.05, 3.63) is 53.6 Å². The predicted octanol–water partition coefficient (Wildman–Crippen LogP) is 2.21. The first kappa shape index (κ1) is 20.9. The van der Waals surface area contributed by atoms with Gasteiger partial charge in [0, 0.05) is 17.2 Å². The molecule has 4 aliphatic rings. The molecule has 6 rings (SSSR count). The summed E-state index contributed by atoms with van der Waals surface area (Å²) in [5, 5.41) is 4.32. The zero-order valence-electron chi connectivity index (χ0n) is 18.8. The van der Waals surface area contributed by atoms with Gasteiger partial charge in [-0.2, -0.15) is 0 Å². The molecule has 2 bridgehead atoms. The Hall–Kier alpha value is -3.72. The third-order valence-electron chi connectivity index (χ3n) is 7.26. The Labute approximate surface area is 195 Å². The highest BCUT2D eigenvalue weighted by atomic mass is 16.7. The van der Waals surface area contributed by atoms with E-state index in [1.807, 2.05) is 6.07 Å². The summed E-state index contributed by atoms with van der Waals surface area (Å²) in [4.78, 5) is 45.4. The number of hydrogen-bond donors (Lipinski definition) is 0. The van der Waals surface area contributed by atoms with Crippen LogP contribution in [0.2, 0.25) is 0 Å². The number of nitrogens with zero attached hydrogens (tertiary/aromatic N) is 2. The first-order valence-corrected chi connectivity index (χ1v) is 11.0. The van der Waals surface area contributed by atoms with Crippen molar-refractivity contribution in [3.8, 4) is 11.5 Å². The fourth-order valence-corrected chi connectivity index (χ4v) is 5.69. The molecule has 0 saturated carbocycles. The third kappa shape index (κ3) is 2.70. The van der Waals surface area contributed by atoms with Crippen LogP contribution in [0.15, 0.2) is 47.6 Å². The monoisotopic (exact) mass is 462 g/mol. The molecule has 0 radical (unpaired) electrons. The molecule has 9 nitrogen and oxygen atoms in total. The van der Waals surface area contributed by atoms with E-state index in [0.29, 0.717) is 28.5 Å². The van der Waals surface area contributed by atoms with Crippen molar-refractivity contribution in [2.24, 2.45) is 22.9 Å². The van der Waals surface area contributed by atoms with Gasteiger partial charge in [-0.15, -0.1) is 0 Å². The minimum absolute atomic E-state index is 0.0836. The minimum atomic E-state index is -0.626. The van der Waals surface area contributed by atoms with Gasteiger partial charge < -0.3 is 19.0 Å². The van der Waals surface area contributed by atoms with E-state index in [4.69, 9.17) is 19.0 Å². The standard InChI is InChI=1S/C25H22N2O7/c1-11(28)12-4-6-13(7-5-12)27-24(29)17-18(25(27)30)22-23-19(21(17)33-22)20(26-34-23)15-9-8-14(31-2)10-16(15)32-3/h4-10,17-19,21-23H,1-3H3/t17-,18+,19-,21-,22+,23-/m0/s1. The van der Waals surface area contributed by atoms with Crippen LogP contribution in [0.1, 0.15) is 22.8 Å². The number of benzene rings is 2. The molecule has 2 amide bonds. The number of carbonyl (C=O) groups is 3. The van der Waals surface area contributed by atoms with Gasteiger partial charge in [0.15, 0.2) is 11.9 Å². The third-order valence-corrected chi connectivity index (χ3v) is 7.26. The van der Waals surface area contributed by atoms with Gasteiger partial charge in [0.1, 0.15) is 23.3 Å². The first-order valence-electron chi connectivity index (χ1n) is 11.0. The number of methoxy groups -OCH3 is 2. The van der Waals surface area contributed by atoms with E-state index in [0.717, 1.165) is 5.56 Å². The van der Waals surface area contributed by atoms with Crippen molar-refractivity contribution in [1.29, 1.82) is 0 Å². The molecule has 9 heteroatoms. The van der Waals surface area contributed by atoms with Gasteiger partial charge in [0.05, 0.1) is 43.8 Å². The molecular formula is C25H22N2O7. The summed E-state index contributed by atoms with van der Waals surface area (Å²) in [5.41, 5.74) is 2.34. The van der Waals surface area contributed by atoms with Crippen LogP contribution >= 0.6 is 0 Å². The minimum Gasteiger partial charge on any atom is -0.497 e. The largest absolute Gasteiger partial charge is 0.497 e. The quantitative estimate of drug-likeness (QED) is 0.496. The number of rotatable bonds is 5. The molecule has 2 aromatic rings. The van der Waals surface area contributed by atoms with E-state index in [1.54, 1.807) is 50.6 Å². The van der Waals surface area contributed by atoms with Gasteiger partial charge in [0.2, 0.25) is 11.8 Å². The number of imide groups is 1. The van der Waals surface area contributed by atoms with E-state index in [-0.39, 0.29) is 23.5 Å². The summed E-state index contributed by atoms with van der Waals surface area (Å²) in [5.74, 6) is -1.03. The zero-order chi connectivity index (χ0) is 23.7. The van der Waals surface area contributed by atoms with E-state index in [2.05, 4.69) is 5.16 Å². The Morgan fingerprint density at radius 2 is 1.62 bits per heavy atom. The molecule has 3 fully saturated rings. The SMILES string of the molecule is COc1ccc(C2=NO[C@@H]3[C@@H]4O[C@H]([C@H]23)[C@H]2C(=O)N(c3ccc(C(C)=O)cc3)C(=O)[C@@H]42)c(OC)c1. The Morgan fingerprint density at radius 3 is 2.26 bits per heavy atom. The van der Waals surface area contributed by atoms with Crippen LogP contribution in [0.3, 0.4) is 0 Å². The molecule has 0 N–H and O–H groups in total. The average Bonchev–Trinajstić information content (AvgIpc) is 3.59. The molecule has 0 aliphatic carbocycles. The second-order valence-electron chi connectivity index (χ2n) is 8.87. The molecular weight excluding hydrogens is 440 g/mol. The molecule has 0 spiro atoms. The second kappa shape index (κ2) is 7.39. The lowest BCUT2D eigenvalue weighted by Gasteiger charge is -2.26. The number of carbonyl (C=O) groups excluding carboxylic acids is 3. The molecule has 3 saturated heterocycles. The Balaban J connectivity index is 1.32. The van der Waals surface area contributed by atoms with E-state index in [9.17, 15) is 14.4 Å². The summed E-state index contributed by atoms with van der Waals surface area (Å²) < 4.78 is 17.0. The maximum absolute atomic E-state index is 13.5. The Kier molecular flexibility index (Phi) is 4.54. The number of anilines is 1. The average molecular weight is 462 g/mol. The number of hydrogen-bond acceptors (Lipinski definition) is 8. The molecule has 2 aromatic carbocycles. The van der Waals surface area contributed by atoms with Crippen molar-refractivity contribution in [2.75, 3.05) is 19.1 Å². The van der Waals surface area contributed by atoms with Crippen molar-refractivity contribution >= 4 is 29.0 Å². The second-order valence-corrected chi connectivity index (χ2v) is 8.87. The molecule has 34 heavy (non-hydrogen) atoms. The van der Waals surface area contributed by atoms with Gasteiger partial charge >= 0.3 is 0 Å². The molecule has 0 unspecified atom stereocenters. The number of fused-ring (bicyclic) bond motifs is 8. The lowest BCUT2D eigenvalue weighted by Crippen LogP contribution is -2.45. The van der Waals surface area contributed by atoms with Crippen LogP contribution in [-0.2, 0) is 19.2 Å². The zero-order valence-corrected chi connectivity index (χ0v) is 18.8. The molecule has 0 aromatic heterocycles. The summed E-state index contributed by atoms with van der Waals surface area (Å²) >= 11 is 0. The lowest BCUT2D eigenvalue weighted by molar-refractivity contribution is -0.125.